The van der Waals surface area contributed by atoms with Crippen molar-refractivity contribution in [2.75, 3.05) is 49.5 Å². The molecule has 2 aliphatic rings. The molecule has 32 heavy (non-hydrogen) atoms. The maximum absolute atomic E-state index is 13.6. The number of aliphatic hydroxyl groups excluding tert-OH is 1. The van der Waals surface area contributed by atoms with Crippen molar-refractivity contribution in [1.82, 2.24) is 9.80 Å². The molecule has 0 spiro atoms. The van der Waals surface area contributed by atoms with E-state index >= 15 is 0 Å². The van der Waals surface area contributed by atoms with Gasteiger partial charge in [0.25, 0.3) is 11.8 Å². The van der Waals surface area contributed by atoms with Gasteiger partial charge in [-0.1, -0.05) is 30.3 Å². The van der Waals surface area contributed by atoms with E-state index in [2.05, 4.69) is 10.2 Å². The number of anilines is 2. The van der Waals surface area contributed by atoms with Crippen molar-refractivity contribution in [2.24, 2.45) is 0 Å². The van der Waals surface area contributed by atoms with Crippen LogP contribution < -0.4 is 10.2 Å². The van der Waals surface area contributed by atoms with Crippen molar-refractivity contribution in [2.45, 2.75) is 6.92 Å². The standard InChI is InChI=1S/C24H26N4O4/c1-17(30)25-19-7-9-20(10-8-19)28-23(31)21(18-5-3-2-4-6-18)22(24(28)32)27-13-11-26(12-14-27)15-16-29/h2-10,29H,11-16H2,1H3,(H,25,30). The summed E-state index contributed by atoms with van der Waals surface area (Å²) in [4.78, 5) is 43.7. The summed E-state index contributed by atoms with van der Waals surface area (Å²) in [5.41, 5.74) is 2.57. The van der Waals surface area contributed by atoms with Gasteiger partial charge < -0.3 is 15.3 Å². The summed E-state index contributed by atoms with van der Waals surface area (Å²) < 4.78 is 0. The molecule has 2 aromatic carbocycles. The molecule has 2 aliphatic heterocycles. The number of aliphatic hydroxyl groups is 1. The molecule has 8 heteroatoms. The highest BCUT2D eigenvalue weighted by molar-refractivity contribution is 6.45. The molecule has 1 saturated heterocycles. The van der Waals surface area contributed by atoms with Crippen molar-refractivity contribution >= 4 is 34.7 Å². The van der Waals surface area contributed by atoms with Crippen LogP contribution in [0.15, 0.2) is 60.3 Å². The minimum absolute atomic E-state index is 0.0949. The van der Waals surface area contributed by atoms with Crippen LogP contribution in [0.3, 0.4) is 0 Å². The molecule has 8 nitrogen and oxygen atoms in total. The van der Waals surface area contributed by atoms with Gasteiger partial charge in [0, 0.05) is 45.3 Å². The van der Waals surface area contributed by atoms with Gasteiger partial charge in [0.15, 0.2) is 0 Å². The predicted octanol–water partition coefficient (Wildman–Crippen LogP) is 1.54. The number of nitrogens with one attached hydrogen (secondary N) is 1. The number of piperazine rings is 1. The minimum Gasteiger partial charge on any atom is -0.395 e. The molecule has 166 valence electrons. The van der Waals surface area contributed by atoms with Crippen LogP contribution in [0.1, 0.15) is 12.5 Å². The third-order valence-electron chi connectivity index (χ3n) is 5.67. The molecule has 0 aliphatic carbocycles. The van der Waals surface area contributed by atoms with Gasteiger partial charge in [-0.3, -0.25) is 19.3 Å². The zero-order chi connectivity index (χ0) is 22.7. The number of benzene rings is 2. The minimum atomic E-state index is -0.360. The van der Waals surface area contributed by atoms with Crippen LogP contribution in [0, 0.1) is 0 Å². The lowest BCUT2D eigenvalue weighted by Crippen LogP contribution is -2.48. The van der Waals surface area contributed by atoms with Crippen LogP contribution in [-0.4, -0.2) is 72.0 Å². The summed E-state index contributed by atoms with van der Waals surface area (Å²) in [6.45, 7) is 4.72. The molecule has 0 saturated carbocycles. The summed E-state index contributed by atoms with van der Waals surface area (Å²) in [6, 6.07) is 15.9. The fourth-order valence-electron chi connectivity index (χ4n) is 4.14. The largest absolute Gasteiger partial charge is 0.395 e. The fourth-order valence-corrected chi connectivity index (χ4v) is 4.14. The molecule has 0 bridgehead atoms. The van der Waals surface area contributed by atoms with Crippen molar-refractivity contribution in [3.63, 3.8) is 0 Å². The van der Waals surface area contributed by atoms with Crippen LogP contribution in [0.2, 0.25) is 0 Å². The highest BCUT2D eigenvalue weighted by Crippen LogP contribution is 2.35. The van der Waals surface area contributed by atoms with Gasteiger partial charge >= 0.3 is 0 Å². The maximum atomic E-state index is 13.6. The summed E-state index contributed by atoms with van der Waals surface area (Å²) in [6.07, 6.45) is 0. The van der Waals surface area contributed by atoms with Gasteiger partial charge in [-0.05, 0) is 29.8 Å². The van der Waals surface area contributed by atoms with Gasteiger partial charge in [-0.2, -0.15) is 0 Å². The van der Waals surface area contributed by atoms with E-state index in [0.717, 1.165) is 0 Å². The summed E-state index contributed by atoms with van der Waals surface area (Å²) in [7, 11) is 0. The lowest BCUT2D eigenvalue weighted by atomic mass is 10.0. The van der Waals surface area contributed by atoms with Gasteiger partial charge in [-0.15, -0.1) is 0 Å². The molecule has 3 amide bonds. The number of amides is 3. The first-order valence-electron chi connectivity index (χ1n) is 10.6. The van der Waals surface area contributed by atoms with Crippen molar-refractivity contribution in [1.29, 1.82) is 0 Å². The molecular weight excluding hydrogens is 408 g/mol. The first-order valence-corrected chi connectivity index (χ1v) is 10.6. The van der Waals surface area contributed by atoms with E-state index in [9.17, 15) is 19.5 Å². The molecular formula is C24H26N4O4. The Morgan fingerprint density at radius 3 is 2.19 bits per heavy atom. The first kappa shape index (κ1) is 21.7. The Hall–Kier alpha value is -3.49. The molecule has 0 atom stereocenters. The third-order valence-corrected chi connectivity index (χ3v) is 5.67. The van der Waals surface area contributed by atoms with Gasteiger partial charge in [0.05, 0.1) is 17.9 Å². The second kappa shape index (κ2) is 9.33. The van der Waals surface area contributed by atoms with Crippen LogP contribution >= 0.6 is 0 Å². The van der Waals surface area contributed by atoms with E-state index in [-0.39, 0.29) is 24.3 Å². The van der Waals surface area contributed by atoms with E-state index in [1.807, 2.05) is 35.2 Å². The highest BCUT2D eigenvalue weighted by atomic mass is 16.3. The zero-order valence-electron chi connectivity index (χ0n) is 18.0. The second-order valence-corrected chi connectivity index (χ2v) is 7.82. The number of carbonyl (C=O) groups is 3. The summed E-state index contributed by atoms with van der Waals surface area (Å²) in [5, 5.41) is 11.9. The average Bonchev–Trinajstić information content (AvgIpc) is 3.05. The Labute approximate surface area is 186 Å². The number of rotatable bonds is 6. The van der Waals surface area contributed by atoms with Crippen molar-refractivity contribution in [3.8, 4) is 0 Å². The molecule has 1 fully saturated rings. The number of carbonyl (C=O) groups excluding carboxylic acids is 3. The Bertz CT molecular complexity index is 1040. The Kier molecular flexibility index (Phi) is 6.34. The van der Waals surface area contributed by atoms with Crippen LogP contribution in [0.4, 0.5) is 11.4 Å². The van der Waals surface area contributed by atoms with E-state index in [0.29, 0.717) is 60.9 Å². The van der Waals surface area contributed by atoms with Gasteiger partial charge in [-0.25, -0.2) is 4.90 Å². The van der Waals surface area contributed by atoms with E-state index in [1.165, 1.54) is 11.8 Å². The molecule has 2 aromatic rings. The number of hydrogen-bond donors (Lipinski definition) is 2. The predicted molar refractivity (Wildman–Crippen MR) is 122 cm³/mol. The average molecular weight is 434 g/mol. The Morgan fingerprint density at radius 1 is 0.938 bits per heavy atom. The van der Waals surface area contributed by atoms with Crippen molar-refractivity contribution < 1.29 is 19.5 Å². The monoisotopic (exact) mass is 434 g/mol. The van der Waals surface area contributed by atoms with E-state index in [1.54, 1.807) is 24.3 Å². The number of hydrogen-bond acceptors (Lipinski definition) is 6. The van der Waals surface area contributed by atoms with E-state index in [4.69, 9.17) is 0 Å². The lowest BCUT2D eigenvalue weighted by Gasteiger charge is -2.36. The zero-order valence-corrected chi connectivity index (χ0v) is 18.0. The Balaban J connectivity index is 1.67. The number of β-amino-alcohol motifs (C(OH)–C–C–N with tert-alkyl or cyclic N) is 1. The second-order valence-electron chi connectivity index (χ2n) is 7.82. The molecule has 2 heterocycles. The third kappa shape index (κ3) is 4.28. The topological polar surface area (TPSA) is 93.2 Å². The fraction of sp³-hybridized carbons (Fsp3) is 0.292. The van der Waals surface area contributed by atoms with Crippen LogP contribution in [0.5, 0.6) is 0 Å². The maximum Gasteiger partial charge on any atom is 0.282 e. The van der Waals surface area contributed by atoms with Crippen LogP contribution in [0.25, 0.3) is 5.57 Å². The van der Waals surface area contributed by atoms with E-state index < -0.39 is 0 Å². The highest BCUT2D eigenvalue weighted by Gasteiger charge is 2.42. The normalized spacial score (nSPS) is 17.3. The quantitative estimate of drug-likeness (QED) is 0.670. The first-order chi connectivity index (χ1) is 15.5. The van der Waals surface area contributed by atoms with Crippen molar-refractivity contribution in [3.05, 3.63) is 65.9 Å². The van der Waals surface area contributed by atoms with Gasteiger partial charge in [0.1, 0.15) is 5.70 Å². The lowest BCUT2D eigenvalue weighted by molar-refractivity contribution is -0.121. The number of nitrogens with zero attached hydrogens (tertiary/aromatic N) is 3. The molecule has 4 rings (SSSR count). The van der Waals surface area contributed by atoms with Gasteiger partial charge in [0.2, 0.25) is 5.91 Å². The summed E-state index contributed by atoms with van der Waals surface area (Å²) >= 11 is 0. The SMILES string of the molecule is CC(=O)Nc1ccc(N2C(=O)C(c3ccccc3)=C(N3CCN(CCO)CC3)C2=O)cc1. The smallest absolute Gasteiger partial charge is 0.282 e. The molecule has 0 radical (unpaired) electrons. The van der Waals surface area contributed by atoms with Crippen LogP contribution in [-0.2, 0) is 14.4 Å². The Morgan fingerprint density at radius 2 is 1.59 bits per heavy atom. The molecule has 0 unspecified atom stereocenters. The molecule has 0 aromatic heterocycles. The molecule has 2 N–H and O–H groups in total. The summed E-state index contributed by atoms with van der Waals surface area (Å²) in [5.74, 6) is -0.903. The number of imide groups is 1.